The van der Waals surface area contributed by atoms with Crippen molar-refractivity contribution < 1.29 is 22.7 Å². The number of piperidine rings is 1. The van der Waals surface area contributed by atoms with Crippen molar-refractivity contribution in [2.24, 2.45) is 11.1 Å². The molecule has 0 saturated carbocycles. The average Bonchev–Trinajstić information content (AvgIpc) is 3.01. The summed E-state index contributed by atoms with van der Waals surface area (Å²) in [6.07, 6.45) is 3.12. The molecule has 3 aromatic rings. The third-order valence-electron chi connectivity index (χ3n) is 7.63. The van der Waals surface area contributed by atoms with E-state index in [4.69, 9.17) is 9.88 Å². The number of hydrogen-bond acceptors (Lipinski definition) is 9. The molecular weight excluding hydrogens is 560 g/mol. The Labute approximate surface area is 244 Å². The Kier molecular flexibility index (Phi) is 8.59. The molecule has 1 atom stereocenters. The van der Waals surface area contributed by atoms with Crippen LogP contribution in [0.3, 0.4) is 0 Å². The largest absolute Gasteiger partial charge is 0.466 e. The van der Waals surface area contributed by atoms with Gasteiger partial charge in [0.25, 0.3) is 11.5 Å². The predicted octanol–water partition coefficient (Wildman–Crippen LogP) is 1.62. The Morgan fingerprint density at radius 2 is 1.67 bits per heavy atom. The molecule has 222 valence electrons. The summed E-state index contributed by atoms with van der Waals surface area (Å²) in [6, 6.07) is 14.7. The molecule has 2 aromatic carbocycles. The molecule has 2 aliphatic heterocycles. The summed E-state index contributed by atoms with van der Waals surface area (Å²) in [6.45, 7) is 4.76. The van der Waals surface area contributed by atoms with Crippen LogP contribution < -0.4 is 20.5 Å². The van der Waals surface area contributed by atoms with Crippen molar-refractivity contribution in [3.05, 3.63) is 76.7 Å². The Bertz CT molecular complexity index is 1600. The number of aromatic nitrogens is 2. The van der Waals surface area contributed by atoms with Crippen molar-refractivity contribution in [1.29, 1.82) is 0 Å². The van der Waals surface area contributed by atoms with E-state index in [1.807, 2.05) is 40.1 Å². The molecule has 0 bridgehead atoms. The van der Waals surface area contributed by atoms with Gasteiger partial charge in [0.05, 0.1) is 35.0 Å². The maximum Gasteiger partial charge on any atom is 0.310 e. The van der Waals surface area contributed by atoms with Crippen LogP contribution in [0, 0.1) is 5.92 Å². The number of nitrogens with two attached hydrogens (primary N) is 1. The lowest BCUT2D eigenvalue weighted by molar-refractivity contribution is -0.148. The molecule has 0 radical (unpaired) electrons. The fourth-order valence-electron chi connectivity index (χ4n) is 5.47. The van der Waals surface area contributed by atoms with Crippen molar-refractivity contribution in [3.63, 3.8) is 0 Å². The number of nitrogens with zero attached hydrogens (tertiary/aromatic N) is 5. The highest BCUT2D eigenvalue weighted by Crippen LogP contribution is 2.31. The number of anilines is 2. The summed E-state index contributed by atoms with van der Waals surface area (Å²) >= 11 is 0. The van der Waals surface area contributed by atoms with Crippen LogP contribution in [-0.2, 0) is 19.6 Å². The minimum atomic E-state index is -3.85. The zero-order valence-corrected chi connectivity index (χ0v) is 24.2. The van der Waals surface area contributed by atoms with Gasteiger partial charge in [-0.1, -0.05) is 18.2 Å². The predicted molar refractivity (Wildman–Crippen MR) is 157 cm³/mol. The van der Waals surface area contributed by atoms with Gasteiger partial charge in [0, 0.05) is 44.8 Å². The summed E-state index contributed by atoms with van der Waals surface area (Å²) in [7, 11) is -3.85. The van der Waals surface area contributed by atoms with Crippen molar-refractivity contribution in [2.75, 3.05) is 55.7 Å². The van der Waals surface area contributed by atoms with Gasteiger partial charge in [-0.05, 0) is 56.2 Å². The smallest absolute Gasteiger partial charge is 0.310 e. The van der Waals surface area contributed by atoms with Crippen molar-refractivity contribution in [3.8, 4) is 5.69 Å². The SMILES string of the molecule is CCOC(=O)C1CCCN(c2c(N3CCN(C(=O)c4ccc(S(N)(=O)=O)cc4)CC3)cnn(-c3ccccc3)c2=O)C1. The Balaban J connectivity index is 1.40. The first kappa shape index (κ1) is 29.3. The monoisotopic (exact) mass is 594 g/mol. The molecule has 2 saturated heterocycles. The van der Waals surface area contributed by atoms with Gasteiger partial charge >= 0.3 is 5.97 Å². The van der Waals surface area contributed by atoms with Crippen LogP contribution in [0.25, 0.3) is 5.69 Å². The zero-order valence-electron chi connectivity index (χ0n) is 23.4. The molecule has 1 unspecified atom stereocenters. The Morgan fingerprint density at radius 3 is 2.31 bits per heavy atom. The first-order valence-corrected chi connectivity index (χ1v) is 15.5. The van der Waals surface area contributed by atoms with Crippen LogP contribution in [0.15, 0.2) is 70.5 Å². The molecule has 2 fully saturated rings. The first-order chi connectivity index (χ1) is 20.2. The number of hydrogen-bond donors (Lipinski definition) is 1. The van der Waals surface area contributed by atoms with E-state index in [9.17, 15) is 22.8 Å². The number of amides is 1. The molecule has 13 heteroatoms. The van der Waals surface area contributed by atoms with Crippen LogP contribution in [0.5, 0.6) is 0 Å². The van der Waals surface area contributed by atoms with Crippen molar-refractivity contribution in [2.45, 2.75) is 24.7 Å². The molecule has 0 spiro atoms. The summed E-state index contributed by atoms with van der Waals surface area (Å²) < 4.78 is 29.8. The third kappa shape index (κ3) is 6.16. The summed E-state index contributed by atoms with van der Waals surface area (Å²) in [4.78, 5) is 45.4. The summed E-state index contributed by atoms with van der Waals surface area (Å²) in [5, 5.41) is 9.66. The fraction of sp³-hybridized carbons (Fsp3) is 0.379. The standard InChI is InChI=1S/C29H34N6O6S/c1-2-41-29(38)22-7-6-14-34(20-22)26-25(19-31-35(28(26)37)23-8-4-3-5-9-23)32-15-17-33(18-16-32)27(36)21-10-12-24(13-11-21)42(30,39)40/h3-5,8-13,19,22H,2,6-7,14-18,20H2,1H3,(H2,30,39,40). The second-order valence-electron chi connectivity index (χ2n) is 10.3. The number of benzene rings is 2. The minimum absolute atomic E-state index is 0.0583. The van der Waals surface area contributed by atoms with E-state index in [1.54, 1.807) is 18.0 Å². The van der Waals surface area contributed by atoms with Gasteiger partial charge in [-0.15, -0.1) is 0 Å². The van der Waals surface area contributed by atoms with Gasteiger partial charge in [-0.25, -0.2) is 13.6 Å². The van der Waals surface area contributed by atoms with E-state index in [-0.39, 0.29) is 28.2 Å². The highest BCUT2D eigenvalue weighted by molar-refractivity contribution is 7.89. The lowest BCUT2D eigenvalue weighted by atomic mass is 9.97. The van der Waals surface area contributed by atoms with E-state index in [0.29, 0.717) is 74.9 Å². The van der Waals surface area contributed by atoms with E-state index < -0.39 is 10.0 Å². The molecule has 3 heterocycles. The lowest BCUT2D eigenvalue weighted by Gasteiger charge is -2.39. The van der Waals surface area contributed by atoms with E-state index in [2.05, 4.69) is 5.10 Å². The fourth-order valence-corrected chi connectivity index (χ4v) is 5.99. The van der Waals surface area contributed by atoms with Gasteiger partial charge in [-0.2, -0.15) is 9.78 Å². The normalized spacial score (nSPS) is 17.7. The number of ether oxygens (including phenoxy) is 1. The average molecular weight is 595 g/mol. The van der Waals surface area contributed by atoms with Crippen molar-refractivity contribution >= 4 is 33.3 Å². The second-order valence-corrected chi connectivity index (χ2v) is 11.9. The second kappa shape index (κ2) is 12.3. The topological polar surface area (TPSA) is 148 Å². The third-order valence-corrected chi connectivity index (χ3v) is 8.56. The van der Waals surface area contributed by atoms with E-state index in [1.165, 1.54) is 28.9 Å². The van der Waals surface area contributed by atoms with Crippen LogP contribution in [0.4, 0.5) is 11.4 Å². The number of carbonyl (C=O) groups is 2. The van der Waals surface area contributed by atoms with Gasteiger partial charge < -0.3 is 19.4 Å². The van der Waals surface area contributed by atoms with Crippen molar-refractivity contribution in [1.82, 2.24) is 14.7 Å². The number of esters is 1. The molecule has 0 aliphatic carbocycles. The highest BCUT2D eigenvalue weighted by atomic mass is 32.2. The first-order valence-electron chi connectivity index (χ1n) is 13.9. The van der Waals surface area contributed by atoms with E-state index in [0.717, 1.165) is 6.42 Å². The van der Waals surface area contributed by atoms with Crippen LogP contribution in [0.1, 0.15) is 30.1 Å². The van der Waals surface area contributed by atoms with Crippen LogP contribution in [-0.4, -0.2) is 80.9 Å². The molecule has 12 nitrogen and oxygen atoms in total. The quantitative estimate of drug-likeness (QED) is 0.403. The maximum atomic E-state index is 14.0. The Hall–Kier alpha value is -4.23. The van der Waals surface area contributed by atoms with Gasteiger partial charge in [-0.3, -0.25) is 14.4 Å². The number of rotatable bonds is 7. The highest BCUT2D eigenvalue weighted by Gasteiger charge is 2.32. The summed E-state index contributed by atoms with van der Waals surface area (Å²) in [5.41, 5.74) is 1.85. The zero-order chi connectivity index (χ0) is 29.9. The molecule has 1 amide bonds. The lowest BCUT2D eigenvalue weighted by Crippen LogP contribution is -2.50. The number of piperazine rings is 1. The number of carbonyl (C=O) groups excluding carboxylic acids is 2. The molecule has 1 aromatic heterocycles. The van der Waals surface area contributed by atoms with Crippen LogP contribution in [0.2, 0.25) is 0 Å². The molecule has 42 heavy (non-hydrogen) atoms. The Morgan fingerprint density at radius 1 is 0.976 bits per heavy atom. The van der Waals surface area contributed by atoms with Gasteiger partial charge in [0.15, 0.2) is 0 Å². The molecule has 2 N–H and O–H groups in total. The van der Waals surface area contributed by atoms with Gasteiger partial charge in [0.1, 0.15) is 5.69 Å². The maximum absolute atomic E-state index is 14.0. The number of primary sulfonamides is 1. The molecule has 5 rings (SSSR count). The van der Waals surface area contributed by atoms with Crippen LogP contribution >= 0.6 is 0 Å². The van der Waals surface area contributed by atoms with E-state index >= 15 is 0 Å². The minimum Gasteiger partial charge on any atom is -0.466 e. The molecule has 2 aliphatic rings. The molecular formula is C29H34N6O6S. The van der Waals surface area contributed by atoms with Gasteiger partial charge in [0.2, 0.25) is 10.0 Å². The summed E-state index contributed by atoms with van der Waals surface area (Å²) in [5.74, 6) is -0.813. The number of sulfonamides is 1. The number of para-hydroxylation sites is 1.